The third-order valence-corrected chi connectivity index (χ3v) is 9.28. The molecular weight excluding hydrogens is 586 g/mol. The van der Waals surface area contributed by atoms with Gasteiger partial charge in [-0.15, -0.1) is 0 Å². The molecule has 4 rings (SSSR count). The van der Waals surface area contributed by atoms with Gasteiger partial charge in [0, 0.05) is 41.6 Å². The van der Waals surface area contributed by atoms with Crippen LogP contribution in [0.2, 0.25) is 0 Å². The van der Waals surface area contributed by atoms with E-state index in [1.807, 2.05) is 30.3 Å². The Morgan fingerprint density at radius 1 is 1.07 bits per heavy atom. The van der Waals surface area contributed by atoms with E-state index in [2.05, 4.69) is 10.2 Å². The lowest BCUT2D eigenvalue weighted by atomic mass is 9.72. The van der Waals surface area contributed by atoms with Crippen LogP contribution in [0.25, 0.3) is 0 Å². The molecule has 246 valence electrons. The third-order valence-electron chi connectivity index (χ3n) is 9.28. The second kappa shape index (κ2) is 15.9. The summed E-state index contributed by atoms with van der Waals surface area (Å²) in [5.74, 6) is -1.90. The number of methoxy groups -OCH3 is 1. The number of Topliss-reactive ketones (excluding diaryl/α,β-unsaturated/α-hetero) is 1. The number of rotatable bonds is 14. The van der Waals surface area contributed by atoms with Crippen LogP contribution < -0.4 is 11.1 Å². The first-order valence-electron chi connectivity index (χ1n) is 16.0. The number of aliphatic imine (C=N–C) groups is 1. The van der Waals surface area contributed by atoms with Crippen molar-refractivity contribution in [3.05, 3.63) is 87.1 Å². The van der Waals surface area contributed by atoms with Gasteiger partial charge in [-0.3, -0.25) is 29.5 Å². The molecule has 2 unspecified atom stereocenters. The zero-order valence-electron chi connectivity index (χ0n) is 27.0. The Morgan fingerprint density at radius 2 is 1.74 bits per heavy atom. The van der Waals surface area contributed by atoms with Crippen LogP contribution >= 0.6 is 0 Å². The van der Waals surface area contributed by atoms with Crippen LogP contribution in [0.3, 0.4) is 0 Å². The van der Waals surface area contributed by atoms with Crippen molar-refractivity contribution in [2.75, 3.05) is 39.8 Å². The Balaban J connectivity index is 1.47. The predicted octanol–water partition coefficient (Wildman–Crippen LogP) is 4.45. The molecule has 0 aromatic heterocycles. The smallest absolute Gasteiger partial charge is 0.316 e. The number of nitrogens with two attached hydrogens (primary N) is 1. The van der Waals surface area contributed by atoms with E-state index in [0.717, 1.165) is 38.0 Å². The van der Waals surface area contributed by atoms with Gasteiger partial charge >= 0.3 is 5.97 Å². The van der Waals surface area contributed by atoms with Gasteiger partial charge in [-0.05, 0) is 89.7 Å². The van der Waals surface area contributed by atoms with Crippen molar-refractivity contribution < 1.29 is 24.0 Å². The highest BCUT2D eigenvalue weighted by Gasteiger charge is 2.44. The number of ketones is 1. The summed E-state index contributed by atoms with van der Waals surface area (Å²) in [4.78, 5) is 57.7. The van der Waals surface area contributed by atoms with Gasteiger partial charge in [-0.1, -0.05) is 42.5 Å². The van der Waals surface area contributed by atoms with Crippen molar-refractivity contribution in [3.8, 4) is 0 Å². The highest BCUT2D eigenvalue weighted by Crippen LogP contribution is 2.41. The molecule has 2 aliphatic heterocycles. The lowest BCUT2D eigenvalue weighted by Crippen LogP contribution is -2.48. The quantitative estimate of drug-likeness (QED) is 0.134. The van der Waals surface area contributed by atoms with Gasteiger partial charge in [-0.25, -0.2) is 0 Å². The number of piperidine rings is 1. The van der Waals surface area contributed by atoms with Gasteiger partial charge in [0.25, 0.3) is 5.69 Å². The topological polar surface area (TPSA) is 157 Å². The van der Waals surface area contributed by atoms with E-state index in [9.17, 15) is 24.5 Å². The Morgan fingerprint density at radius 3 is 2.33 bits per heavy atom. The zero-order valence-corrected chi connectivity index (χ0v) is 27.0. The standard InChI is InChI=1S/C35H45N5O6/c1-24-30(25(2)41)31(26-13-15-28(16-14-26)40(44)45)32(29(38-24)12-7-8-19-36)33(42)37-20-9-21-39-22-17-35(18-23-39,34(43)46-3)27-10-5-4-6-11-27/h4-6,10-11,13-16,30-31H,7-9,12,17-23,36H2,1-3H3,(H,37,42). The number of nitro groups is 1. The number of benzene rings is 2. The number of carbonyl (C=O) groups excluding carboxylic acids is 3. The van der Waals surface area contributed by atoms with Gasteiger partial charge in [0.15, 0.2) is 0 Å². The molecule has 2 aliphatic rings. The van der Waals surface area contributed by atoms with E-state index in [-0.39, 0.29) is 23.3 Å². The molecule has 3 N–H and O–H groups in total. The summed E-state index contributed by atoms with van der Waals surface area (Å²) in [6.07, 6.45) is 4.03. The van der Waals surface area contributed by atoms with Crippen LogP contribution in [0.5, 0.6) is 0 Å². The van der Waals surface area contributed by atoms with Crippen molar-refractivity contribution >= 4 is 29.1 Å². The summed E-state index contributed by atoms with van der Waals surface area (Å²) in [5.41, 5.74) is 8.32. The predicted molar refractivity (Wildman–Crippen MR) is 176 cm³/mol. The number of hydrogen-bond acceptors (Lipinski definition) is 9. The van der Waals surface area contributed by atoms with Crippen molar-refractivity contribution in [2.24, 2.45) is 16.6 Å². The lowest BCUT2D eigenvalue weighted by Gasteiger charge is -2.40. The minimum absolute atomic E-state index is 0.0622. The van der Waals surface area contributed by atoms with E-state index in [4.69, 9.17) is 15.5 Å². The van der Waals surface area contributed by atoms with E-state index >= 15 is 0 Å². The van der Waals surface area contributed by atoms with Crippen molar-refractivity contribution in [1.82, 2.24) is 10.2 Å². The molecule has 2 heterocycles. The largest absolute Gasteiger partial charge is 0.468 e. The van der Waals surface area contributed by atoms with E-state index < -0.39 is 22.2 Å². The number of ether oxygens (including phenoxy) is 1. The van der Waals surface area contributed by atoms with Crippen LogP contribution in [0.15, 0.2) is 70.9 Å². The fourth-order valence-electron chi connectivity index (χ4n) is 6.84. The second-order valence-corrected chi connectivity index (χ2v) is 12.2. The molecule has 11 heteroatoms. The molecule has 0 spiro atoms. The van der Waals surface area contributed by atoms with Gasteiger partial charge in [0.05, 0.1) is 23.4 Å². The number of hydrogen-bond donors (Lipinski definition) is 2. The number of allylic oxidation sites excluding steroid dienone is 1. The number of amides is 1. The third kappa shape index (κ3) is 7.76. The van der Waals surface area contributed by atoms with E-state index in [0.29, 0.717) is 61.3 Å². The van der Waals surface area contributed by atoms with Crippen molar-refractivity contribution in [1.29, 1.82) is 0 Å². The number of nitro benzene ring substituents is 1. The maximum absolute atomic E-state index is 13.9. The van der Waals surface area contributed by atoms with Crippen molar-refractivity contribution in [2.45, 2.75) is 63.7 Å². The molecule has 0 saturated carbocycles. The Bertz CT molecular complexity index is 1460. The first kappa shape index (κ1) is 34.6. The van der Waals surface area contributed by atoms with Crippen LogP contribution in [-0.4, -0.2) is 73.0 Å². The van der Waals surface area contributed by atoms with Crippen molar-refractivity contribution in [3.63, 3.8) is 0 Å². The number of nitrogens with zero attached hydrogens (tertiary/aromatic N) is 3. The molecule has 2 atom stereocenters. The maximum Gasteiger partial charge on any atom is 0.316 e. The number of non-ortho nitro benzene ring substituents is 1. The van der Waals surface area contributed by atoms with Crippen LogP contribution in [0.4, 0.5) is 5.69 Å². The van der Waals surface area contributed by atoms with Gasteiger partial charge < -0.3 is 20.7 Å². The molecule has 0 aliphatic carbocycles. The van der Waals surface area contributed by atoms with Crippen LogP contribution in [0, 0.1) is 16.0 Å². The molecule has 2 aromatic carbocycles. The SMILES string of the molecule is COC(=O)C1(c2ccccc2)CCN(CCCNC(=O)C2=C(CCCCN)N=C(C)C(C(C)=O)C2c2ccc([N+](=O)[O-])cc2)CC1. The minimum atomic E-state index is -0.659. The van der Waals surface area contributed by atoms with Crippen LogP contribution in [0.1, 0.15) is 69.4 Å². The average molecular weight is 632 g/mol. The number of likely N-dealkylation sites (tertiary alicyclic amines) is 1. The molecule has 2 aromatic rings. The van der Waals surface area contributed by atoms with Gasteiger partial charge in [-0.2, -0.15) is 0 Å². The number of carbonyl (C=O) groups is 3. The fraction of sp³-hybridized carbons (Fsp3) is 0.486. The minimum Gasteiger partial charge on any atom is -0.468 e. The summed E-state index contributed by atoms with van der Waals surface area (Å²) >= 11 is 0. The maximum atomic E-state index is 13.9. The number of unbranched alkanes of at least 4 members (excludes halogenated alkanes) is 1. The lowest BCUT2D eigenvalue weighted by molar-refractivity contribution is -0.384. The molecule has 0 bridgehead atoms. The highest BCUT2D eigenvalue weighted by molar-refractivity contribution is 6.09. The first-order valence-corrected chi connectivity index (χ1v) is 16.0. The Labute approximate surface area is 270 Å². The molecule has 0 radical (unpaired) electrons. The fourth-order valence-corrected chi connectivity index (χ4v) is 6.84. The first-order chi connectivity index (χ1) is 22.1. The second-order valence-electron chi connectivity index (χ2n) is 12.2. The highest BCUT2D eigenvalue weighted by atomic mass is 16.6. The summed E-state index contributed by atoms with van der Waals surface area (Å²) in [5, 5.41) is 14.4. The van der Waals surface area contributed by atoms with Gasteiger partial charge in [0.2, 0.25) is 5.91 Å². The summed E-state index contributed by atoms with van der Waals surface area (Å²) in [6.45, 7) is 6.41. The monoisotopic (exact) mass is 631 g/mol. The number of esters is 1. The van der Waals surface area contributed by atoms with E-state index in [1.54, 1.807) is 19.1 Å². The molecular formula is C35H45N5O6. The summed E-state index contributed by atoms with van der Waals surface area (Å²) in [6, 6.07) is 15.9. The molecule has 1 amide bonds. The molecule has 1 fully saturated rings. The molecule has 1 saturated heterocycles. The van der Waals surface area contributed by atoms with E-state index in [1.165, 1.54) is 26.2 Å². The normalized spacial score (nSPS) is 19.7. The van der Waals surface area contributed by atoms with Gasteiger partial charge in [0.1, 0.15) is 5.78 Å². The molecule has 11 nitrogen and oxygen atoms in total. The summed E-state index contributed by atoms with van der Waals surface area (Å²) in [7, 11) is 1.44. The van der Waals surface area contributed by atoms with Crippen LogP contribution in [-0.2, 0) is 24.5 Å². The molecule has 46 heavy (non-hydrogen) atoms. The number of nitrogens with one attached hydrogen (secondary N) is 1. The summed E-state index contributed by atoms with van der Waals surface area (Å²) < 4.78 is 5.21. The Hall–Kier alpha value is -4.22. The zero-order chi connectivity index (χ0) is 33.3. The average Bonchev–Trinajstić information content (AvgIpc) is 3.06. The Kier molecular flexibility index (Phi) is 11.9.